The van der Waals surface area contributed by atoms with E-state index in [0.29, 0.717) is 6.54 Å². The number of nitrogens with zero attached hydrogens (tertiary/aromatic N) is 1. The number of amides is 2. The molecule has 4 N–H and O–H groups in total. The van der Waals surface area contributed by atoms with Gasteiger partial charge in [0.15, 0.2) is 0 Å². The van der Waals surface area contributed by atoms with Crippen LogP contribution in [0.4, 0.5) is 0 Å². The Morgan fingerprint density at radius 3 is 2.47 bits per heavy atom. The van der Waals surface area contributed by atoms with Crippen molar-refractivity contribution in [2.24, 2.45) is 23.3 Å². The van der Waals surface area contributed by atoms with Gasteiger partial charge >= 0.3 is 0 Å². The van der Waals surface area contributed by atoms with E-state index in [2.05, 4.69) is 6.92 Å². The van der Waals surface area contributed by atoms with Crippen molar-refractivity contribution in [2.75, 3.05) is 6.54 Å². The molecule has 1 saturated carbocycles. The van der Waals surface area contributed by atoms with Gasteiger partial charge < -0.3 is 16.4 Å². The molecule has 0 aromatic rings. The minimum Gasteiger partial charge on any atom is -0.369 e. The standard InChI is InChI=1S/C14H25N3O2/c1-9-5-6-11(13(16)18)8-17(9)14(19)10-3-2-4-12(15)7-10/h9-12H,2-8,15H2,1H3,(H2,16,18)/t9-,10-,11+,12-/m1/s1. The van der Waals surface area contributed by atoms with E-state index in [-0.39, 0.29) is 35.7 Å². The summed E-state index contributed by atoms with van der Waals surface area (Å²) >= 11 is 0. The maximum absolute atomic E-state index is 12.6. The van der Waals surface area contributed by atoms with E-state index in [4.69, 9.17) is 11.5 Å². The Morgan fingerprint density at radius 2 is 1.84 bits per heavy atom. The van der Waals surface area contributed by atoms with Gasteiger partial charge in [0, 0.05) is 24.5 Å². The van der Waals surface area contributed by atoms with Gasteiger partial charge in [0.2, 0.25) is 11.8 Å². The first-order valence-electron chi connectivity index (χ1n) is 7.34. The number of rotatable bonds is 2. The quantitative estimate of drug-likeness (QED) is 0.768. The van der Waals surface area contributed by atoms with E-state index in [1.165, 1.54) is 0 Å². The van der Waals surface area contributed by atoms with Gasteiger partial charge in [-0.25, -0.2) is 0 Å². The molecule has 19 heavy (non-hydrogen) atoms. The first-order chi connectivity index (χ1) is 8.99. The fourth-order valence-electron chi connectivity index (χ4n) is 3.33. The average Bonchev–Trinajstić information content (AvgIpc) is 2.38. The Hall–Kier alpha value is -1.10. The molecule has 0 radical (unpaired) electrons. The van der Waals surface area contributed by atoms with Gasteiger partial charge in [-0.2, -0.15) is 0 Å². The van der Waals surface area contributed by atoms with Crippen molar-refractivity contribution in [1.82, 2.24) is 4.90 Å². The lowest BCUT2D eigenvalue weighted by atomic mass is 9.83. The summed E-state index contributed by atoms with van der Waals surface area (Å²) in [6, 6.07) is 0.357. The van der Waals surface area contributed by atoms with Crippen LogP contribution < -0.4 is 11.5 Å². The van der Waals surface area contributed by atoms with E-state index < -0.39 is 0 Å². The summed E-state index contributed by atoms with van der Waals surface area (Å²) in [5.74, 6) is -0.256. The highest BCUT2D eigenvalue weighted by Crippen LogP contribution is 2.29. The van der Waals surface area contributed by atoms with Gasteiger partial charge in [-0.1, -0.05) is 6.42 Å². The highest BCUT2D eigenvalue weighted by atomic mass is 16.2. The van der Waals surface area contributed by atoms with Crippen LogP contribution in [0.3, 0.4) is 0 Å². The summed E-state index contributed by atoms with van der Waals surface area (Å²) < 4.78 is 0. The van der Waals surface area contributed by atoms with Crippen molar-refractivity contribution in [3.8, 4) is 0 Å². The zero-order chi connectivity index (χ0) is 14.0. The SMILES string of the molecule is C[C@@H]1CC[C@H](C(N)=O)CN1C(=O)[C@@H]1CCC[C@@H](N)C1. The summed E-state index contributed by atoms with van der Waals surface area (Å²) in [5, 5.41) is 0. The fraction of sp³-hybridized carbons (Fsp3) is 0.857. The predicted octanol–water partition coefficient (Wildman–Crippen LogP) is 0.616. The maximum atomic E-state index is 12.6. The van der Waals surface area contributed by atoms with Crippen molar-refractivity contribution in [3.63, 3.8) is 0 Å². The molecular formula is C14H25N3O2. The molecule has 2 amide bonds. The monoisotopic (exact) mass is 267 g/mol. The first-order valence-corrected chi connectivity index (χ1v) is 7.34. The third kappa shape index (κ3) is 3.26. The first kappa shape index (κ1) is 14.3. The summed E-state index contributed by atoms with van der Waals surface area (Å²) in [4.78, 5) is 25.8. The minimum atomic E-state index is -0.287. The molecule has 0 spiro atoms. The number of nitrogens with two attached hydrogens (primary N) is 2. The van der Waals surface area contributed by atoms with E-state index in [1.807, 2.05) is 4.90 Å². The van der Waals surface area contributed by atoms with Gasteiger partial charge in [0.1, 0.15) is 0 Å². The molecule has 5 nitrogen and oxygen atoms in total. The Bertz CT molecular complexity index is 359. The molecule has 1 aliphatic heterocycles. The Kier molecular flexibility index (Phi) is 4.45. The van der Waals surface area contributed by atoms with Crippen molar-refractivity contribution in [3.05, 3.63) is 0 Å². The lowest BCUT2D eigenvalue weighted by Crippen LogP contribution is -2.51. The van der Waals surface area contributed by atoms with Gasteiger partial charge in [0.25, 0.3) is 0 Å². The molecule has 0 aromatic heterocycles. The number of piperidine rings is 1. The summed E-state index contributed by atoms with van der Waals surface area (Å²) in [7, 11) is 0. The van der Waals surface area contributed by atoms with E-state index in [1.54, 1.807) is 0 Å². The number of hydrogen-bond donors (Lipinski definition) is 2. The Labute approximate surface area is 114 Å². The third-order valence-electron chi connectivity index (χ3n) is 4.63. The van der Waals surface area contributed by atoms with Crippen molar-refractivity contribution in [1.29, 1.82) is 0 Å². The van der Waals surface area contributed by atoms with Gasteiger partial charge in [-0.15, -0.1) is 0 Å². The van der Waals surface area contributed by atoms with Gasteiger partial charge in [0.05, 0.1) is 5.92 Å². The van der Waals surface area contributed by atoms with Crippen LogP contribution in [0.5, 0.6) is 0 Å². The molecule has 0 unspecified atom stereocenters. The smallest absolute Gasteiger partial charge is 0.226 e. The van der Waals surface area contributed by atoms with E-state index in [9.17, 15) is 9.59 Å². The number of primary amides is 1. The van der Waals surface area contributed by atoms with Crippen LogP contribution in [0.15, 0.2) is 0 Å². The molecule has 2 fully saturated rings. The van der Waals surface area contributed by atoms with Crippen LogP contribution in [0, 0.1) is 11.8 Å². The fourth-order valence-corrected chi connectivity index (χ4v) is 3.33. The molecule has 4 atom stereocenters. The summed E-state index contributed by atoms with van der Waals surface area (Å²) in [6.45, 7) is 2.54. The number of carbonyl (C=O) groups is 2. The van der Waals surface area contributed by atoms with Crippen LogP contribution in [0.25, 0.3) is 0 Å². The molecule has 1 heterocycles. The second-order valence-corrected chi connectivity index (χ2v) is 6.14. The van der Waals surface area contributed by atoms with E-state index in [0.717, 1.165) is 38.5 Å². The second-order valence-electron chi connectivity index (χ2n) is 6.14. The van der Waals surface area contributed by atoms with Crippen molar-refractivity contribution in [2.45, 2.75) is 57.5 Å². The van der Waals surface area contributed by atoms with Crippen molar-refractivity contribution >= 4 is 11.8 Å². The number of hydrogen-bond acceptors (Lipinski definition) is 3. The van der Waals surface area contributed by atoms with Crippen molar-refractivity contribution < 1.29 is 9.59 Å². The van der Waals surface area contributed by atoms with Gasteiger partial charge in [-0.3, -0.25) is 9.59 Å². The molecule has 108 valence electrons. The number of likely N-dealkylation sites (tertiary alicyclic amines) is 1. The van der Waals surface area contributed by atoms with Crippen LogP contribution in [-0.2, 0) is 9.59 Å². The summed E-state index contributed by atoms with van der Waals surface area (Å²) in [6.07, 6.45) is 5.41. The Morgan fingerprint density at radius 1 is 1.11 bits per heavy atom. The van der Waals surface area contributed by atoms with Gasteiger partial charge in [-0.05, 0) is 39.0 Å². The third-order valence-corrected chi connectivity index (χ3v) is 4.63. The lowest BCUT2D eigenvalue weighted by molar-refractivity contribution is -0.142. The predicted molar refractivity (Wildman–Crippen MR) is 73.0 cm³/mol. The second kappa shape index (κ2) is 5.90. The van der Waals surface area contributed by atoms with Crippen LogP contribution in [-0.4, -0.2) is 35.3 Å². The normalized spacial score (nSPS) is 36.0. The largest absolute Gasteiger partial charge is 0.369 e. The van der Waals surface area contributed by atoms with Crippen LogP contribution >= 0.6 is 0 Å². The lowest BCUT2D eigenvalue weighted by Gasteiger charge is -2.40. The molecule has 2 rings (SSSR count). The van der Waals surface area contributed by atoms with Crippen LogP contribution in [0.1, 0.15) is 45.4 Å². The van der Waals surface area contributed by atoms with E-state index >= 15 is 0 Å². The minimum absolute atomic E-state index is 0.0397. The zero-order valence-electron chi connectivity index (χ0n) is 11.7. The Balaban J connectivity index is 2.01. The molecule has 1 aliphatic carbocycles. The topological polar surface area (TPSA) is 89.4 Å². The highest BCUT2D eigenvalue weighted by molar-refractivity contribution is 5.82. The maximum Gasteiger partial charge on any atom is 0.226 e. The molecule has 0 aromatic carbocycles. The molecule has 2 aliphatic rings. The summed E-state index contributed by atoms with van der Waals surface area (Å²) in [5.41, 5.74) is 11.3. The molecule has 0 bridgehead atoms. The number of carbonyl (C=O) groups excluding carboxylic acids is 2. The zero-order valence-corrected chi connectivity index (χ0v) is 11.7. The average molecular weight is 267 g/mol. The molecule has 1 saturated heterocycles. The van der Waals surface area contributed by atoms with Crippen LogP contribution in [0.2, 0.25) is 0 Å². The molecular weight excluding hydrogens is 242 g/mol. The molecule has 5 heteroatoms. The highest BCUT2D eigenvalue weighted by Gasteiger charge is 2.36.